The summed E-state index contributed by atoms with van der Waals surface area (Å²) in [4.78, 5) is 28.1. The molecular formula is C15H14N2O3S. The summed E-state index contributed by atoms with van der Waals surface area (Å²) >= 11 is 1.64. The summed E-state index contributed by atoms with van der Waals surface area (Å²) in [6.07, 6.45) is 5.69. The quantitative estimate of drug-likeness (QED) is 0.913. The van der Waals surface area contributed by atoms with Crippen LogP contribution in [0, 0.1) is 0 Å². The van der Waals surface area contributed by atoms with Gasteiger partial charge in [-0.05, 0) is 43.4 Å². The molecule has 1 aliphatic rings. The number of nitrogens with one attached hydrogen (secondary N) is 1. The highest BCUT2D eigenvalue weighted by atomic mass is 32.1. The Morgan fingerprint density at radius 3 is 2.76 bits per heavy atom. The standard InChI is InChI=1S/C15H14N2O3S/c18-14(11-8-21-13-4-2-1-3-10(11)13)17-9-5-6-12(15(19)20)16-7-9/h5-8H,1-4H2,(H,17,18)(H,19,20). The molecule has 0 atom stereocenters. The molecule has 0 saturated carbocycles. The molecule has 21 heavy (non-hydrogen) atoms. The topological polar surface area (TPSA) is 79.3 Å². The molecule has 1 aliphatic carbocycles. The molecule has 3 rings (SSSR count). The molecule has 0 radical (unpaired) electrons. The summed E-state index contributed by atoms with van der Waals surface area (Å²) < 4.78 is 0. The smallest absolute Gasteiger partial charge is 0.354 e. The third-order valence-corrected chi connectivity index (χ3v) is 4.64. The van der Waals surface area contributed by atoms with Crippen molar-refractivity contribution >= 4 is 28.9 Å². The maximum Gasteiger partial charge on any atom is 0.354 e. The van der Waals surface area contributed by atoms with Crippen LogP contribution >= 0.6 is 11.3 Å². The molecule has 5 nitrogen and oxygen atoms in total. The molecule has 2 aromatic heterocycles. The van der Waals surface area contributed by atoms with Crippen molar-refractivity contribution in [3.8, 4) is 0 Å². The van der Waals surface area contributed by atoms with Gasteiger partial charge in [-0.15, -0.1) is 11.3 Å². The van der Waals surface area contributed by atoms with Gasteiger partial charge in [0.2, 0.25) is 0 Å². The number of amides is 1. The van der Waals surface area contributed by atoms with E-state index in [1.54, 1.807) is 17.4 Å². The van der Waals surface area contributed by atoms with Crippen molar-refractivity contribution in [2.75, 3.05) is 5.32 Å². The van der Waals surface area contributed by atoms with Gasteiger partial charge in [0.1, 0.15) is 5.69 Å². The van der Waals surface area contributed by atoms with Gasteiger partial charge >= 0.3 is 5.97 Å². The minimum Gasteiger partial charge on any atom is -0.477 e. The number of aromatic carboxylic acids is 1. The van der Waals surface area contributed by atoms with Crippen LogP contribution in [0.3, 0.4) is 0 Å². The minimum absolute atomic E-state index is 0.0408. The Labute approximate surface area is 125 Å². The van der Waals surface area contributed by atoms with Gasteiger partial charge in [-0.3, -0.25) is 4.79 Å². The molecule has 2 heterocycles. The van der Waals surface area contributed by atoms with Crippen LogP contribution in [0.25, 0.3) is 0 Å². The molecule has 0 fully saturated rings. The normalized spacial score (nSPS) is 13.5. The molecule has 2 N–H and O–H groups in total. The molecule has 2 aromatic rings. The largest absolute Gasteiger partial charge is 0.477 e. The van der Waals surface area contributed by atoms with Gasteiger partial charge in [-0.2, -0.15) is 0 Å². The highest BCUT2D eigenvalue weighted by Gasteiger charge is 2.20. The van der Waals surface area contributed by atoms with Crippen molar-refractivity contribution in [3.05, 3.63) is 45.4 Å². The number of nitrogens with zero attached hydrogens (tertiary/aromatic N) is 1. The van der Waals surface area contributed by atoms with E-state index in [4.69, 9.17) is 5.11 Å². The van der Waals surface area contributed by atoms with E-state index < -0.39 is 5.97 Å². The number of carboxylic acids is 1. The van der Waals surface area contributed by atoms with Crippen LogP contribution in [-0.4, -0.2) is 22.0 Å². The number of pyridine rings is 1. The monoisotopic (exact) mass is 302 g/mol. The van der Waals surface area contributed by atoms with E-state index in [1.807, 2.05) is 5.38 Å². The number of thiophene rings is 1. The SMILES string of the molecule is O=C(O)c1ccc(NC(=O)c2csc3c2CCCC3)cn1. The molecule has 0 aromatic carbocycles. The van der Waals surface area contributed by atoms with Gasteiger partial charge in [-0.1, -0.05) is 0 Å². The van der Waals surface area contributed by atoms with Crippen LogP contribution < -0.4 is 5.32 Å². The van der Waals surface area contributed by atoms with Crippen molar-refractivity contribution < 1.29 is 14.7 Å². The fourth-order valence-corrected chi connectivity index (χ4v) is 3.60. The molecule has 0 unspecified atom stereocenters. The number of rotatable bonds is 3. The Morgan fingerprint density at radius 1 is 1.24 bits per heavy atom. The minimum atomic E-state index is -1.08. The number of aryl methyl sites for hydroxylation is 1. The number of anilines is 1. The Morgan fingerprint density at radius 2 is 2.05 bits per heavy atom. The maximum absolute atomic E-state index is 12.3. The summed E-state index contributed by atoms with van der Waals surface area (Å²) in [7, 11) is 0. The van der Waals surface area contributed by atoms with Crippen molar-refractivity contribution in [1.29, 1.82) is 0 Å². The first kappa shape index (κ1) is 13.8. The van der Waals surface area contributed by atoms with Gasteiger partial charge in [0.05, 0.1) is 17.4 Å². The maximum atomic E-state index is 12.3. The zero-order valence-corrected chi connectivity index (χ0v) is 12.1. The van der Waals surface area contributed by atoms with Gasteiger partial charge in [0, 0.05) is 10.3 Å². The Kier molecular flexibility index (Phi) is 3.70. The van der Waals surface area contributed by atoms with E-state index in [0.29, 0.717) is 5.69 Å². The van der Waals surface area contributed by atoms with Gasteiger partial charge in [0.25, 0.3) is 5.91 Å². The van der Waals surface area contributed by atoms with Crippen molar-refractivity contribution in [2.45, 2.75) is 25.7 Å². The number of hydrogen-bond acceptors (Lipinski definition) is 4. The van der Waals surface area contributed by atoms with Crippen LogP contribution in [-0.2, 0) is 12.8 Å². The molecule has 1 amide bonds. The van der Waals surface area contributed by atoms with Crippen LogP contribution in [0.15, 0.2) is 23.7 Å². The summed E-state index contributed by atoms with van der Waals surface area (Å²) in [5.74, 6) is -1.24. The second kappa shape index (κ2) is 5.65. The van der Waals surface area contributed by atoms with Crippen molar-refractivity contribution in [2.24, 2.45) is 0 Å². The first-order valence-electron chi connectivity index (χ1n) is 6.75. The second-order valence-electron chi connectivity index (χ2n) is 4.95. The van der Waals surface area contributed by atoms with Crippen LogP contribution in [0.5, 0.6) is 0 Å². The number of aromatic nitrogens is 1. The zero-order chi connectivity index (χ0) is 14.8. The summed E-state index contributed by atoms with van der Waals surface area (Å²) in [6.45, 7) is 0. The Bertz CT molecular complexity index is 691. The van der Waals surface area contributed by atoms with Crippen LogP contribution in [0.4, 0.5) is 5.69 Å². The molecule has 6 heteroatoms. The lowest BCUT2D eigenvalue weighted by Crippen LogP contribution is -2.15. The molecule has 0 aliphatic heterocycles. The van der Waals surface area contributed by atoms with Gasteiger partial charge in [0.15, 0.2) is 0 Å². The molecule has 0 saturated heterocycles. The first-order chi connectivity index (χ1) is 10.1. The second-order valence-corrected chi connectivity index (χ2v) is 5.91. The molecular weight excluding hydrogens is 288 g/mol. The van der Waals surface area contributed by atoms with E-state index in [1.165, 1.54) is 29.1 Å². The van der Waals surface area contributed by atoms with Gasteiger partial charge < -0.3 is 10.4 Å². The third kappa shape index (κ3) is 2.80. The lowest BCUT2D eigenvalue weighted by Gasteiger charge is -2.12. The highest BCUT2D eigenvalue weighted by molar-refractivity contribution is 7.10. The van der Waals surface area contributed by atoms with Crippen molar-refractivity contribution in [1.82, 2.24) is 4.98 Å². The first-order valence-corrected chi connectivity index (χ1v) is 7.63. The number of fused-ring (bicyclic) bond motifs is 1. The third-order valence-electron chi connectivity index (χ3n) is 3.55. The molecule has 108 valence electrons. The van der Waals surface area contributed by atoms with E-state index >= 15 is 0 Å². The van der Waals surface area contributed by atoms with E-state index in [9.17, 15) is 9.59 Å². The van der Waals surface area contributed by atoms with Crippen LogP contribution in [0.2, 0.25) is 0 Å². The predicted molar refractivity (Wildman–Crippen MR) is 80.1 cm³/mol. The average molecular weight is 302 g/mol. The number of carboxylic acid groups (broad SMARTS) is 1. The van der Waals surface area contributed by atoms with E-state index in [-0.39, 0.29) is 11.6 Å². The van der Waals surface area contributed by atoms with E-state index in [2.05, 4.69) is 10.3 Å². The van der Waals surface area contributed by atoms with Gasteiger partial charge in [-0.25, -0.2) is 9.78 Å². The molecule has 0 bridgehead atoms. The fourth-order valence-electron chi connectivity index (χ4n) is 2.48. The summed E-state index contributed by atoms with van der Waals surface area (Å²) in [5, 5.41) is 13.5. The lowest BCUT2D eigenvalue weighted by molar-refractivity contribution is 0.0690. The Balaban J connectivity index is 1.77. The fraction of sp³-hybridized carbons (Fsp3) is 0.267. The number of carbonyl (C=O) groups is 2. The number of hydrogen-bond donors (Lipinski definition) is 2. The summed E-state index contributed by atoms with van der Waals surface area (Å²) in [5.41, 5.74) is 2.36. The molecule has 0 spiro atoms. The van der Waals surface area contributed by atoms with E-state index in [0.717, 1.165) is 24.8 Å². The average Bonchev–Trinajstić information content (AvgIpc) is 2.92. The summed E-state index contributed by atoms with van der Waals surface area (Å²) in [6, 6.07) is 2.92. The lowest BCUT2D eigenvalue weighted by atomic mass is 9.95. The van der Waals surface area contributed by atoms with Crippen LogP contribution in [0.1, 0.15) is 44.1 Å². The predicted octanol–water partition coefficient (Wildman–Crippen LogP) is 2.97. The number of carbonyl (C=O) groups excluding carboxylic acids is 1. The van der Waals surface area contributed by atoms with Crippen molar-refractivity contribution in [3.63, 3.8) is 0 Å². The Hall–Kier alpha value is -2.21. The zero-order valence-electron chi connectivity index (χ0n) is 11.3. The highest BCUT2D eigenvalue weighted by Crippen LogP contribution is 2.30.